The molecular weight excluding hydrogens is 188 g/mol. The molecule has 76 valence electrons. The molecule has 0 aliphatic heterocycles. The van der Waals surface area contributed by atoms with Gasteiger partial charge in [-0.25, -0.2) is 0 Å². The molecule has 0 aromatic carbocycles. The van der Waals surface area contributed by atoms with Gasteiger partial charge in [0, 0.05) is 12.7 Å². The zero-order chi connectivity index (χ0) is 10.4. The summed E-state index contributed by atoms with van der Waals surface area (Å²) in [5, 5.41) is 8.78. The molecule has 0 aliphatic carbocycles. The molecule has 0 saturated carbocycles. The number of carbonyl (C=O) groups excluding carboxylic acids is 1. The maximum absolute atomic E-state index is 10.6. The molecule has 1 N–H and O–H groups in total. The fourth-order valence-corrected chi connectivity index (χ4v) is 1.66. The molecule has 0 rings (SSSR count). The van der Waals surface area contributed by atoms with Gasteiger partial charge in [0.1, 0.15) is 0 Å². The van der Waals surface area contributed by atoms with Gasteiger partial charge in [-0.05, 0) is 12.3 Å². The minimum absolute atomic E-state index is 0.0928. The van der Waals surface area contributed by atoms with Crippen LogP contribution in [0.4, 0.5) is 0 Å². The third-order valence-electron chi connectivity index (χ3n) is 2.12. The molecular formula is C9H16O3S. The summed E-state index contributed by atoms with van der Waals surface area (Å²) in [7, 11) is 0. The Labute approximate surface area is 82.9 Å². The second kappa shape index (κ2) is 6.02. The molecule has 0 saturated heterocycles. The second-order valence-corrected chi connectivity index (χ2v) is 4.50. The molecule has 2 unspecified atom stereocenters. The van der Waals surface area contributed by atoms with Crippen molar-refractivity contribution >= 4 is 22.8 Å². The van der Waals surface area contributed by atoms with Gasteiger partial charge in [-0.1, -0.05) is 25.6 Å². The first-order valence-electron chi connectivity index (χ1n) is 4.31. The Morgan fingerprint density at radius 3 is 2.31 bits per heavy atom. The molecule has 0 radical (unpaired) electrons. The Hall–Kier alpha value is -0.510. The van der Waals surface area contributed by atoms with Gasteiger partial charge in [0.2, 0.25) is 0 Å². The lowest BCUT2D eigenvalue weighted by molar-refractivity contribution is -0.142. The minimum Gasteiger partial charge on any atom is -0.481 e. The van der Waals surface area contributed by atoms with E-state index in [1.807, 2.05) is 6.92 Å². The maximum Gasteiger partial charge on any atom is 0.306 e. The number of carboxylic acids is 1. The summed E-state index contributed by atoms with van der Waals surface area (Å²) in [4.78, 5) is 21.1. The number of carboxylic acid groups (broad SMARTS) is 1. The average Bonchev–Trinajstić information content (AvgIpc) is 2.02. The summed E-state index contributed by atoms with van der Waals surface area (Å²) in [5.74, 6) is -0.245. The third kappa shape index (κ3) is 5.69. The van der Waals surface area contributed by atoms with Crippen LogP contribution in [0.3, 0.4) is 0 Å². The Kier molecular flexibility index (Phi) is 5.79. The maximum atomic E-state index is 10.6. The van der Waals surface area contributed by atoms with Crippen molar-refractivity contribution in [3.8, 4) is 0 Å². The number of hydrogen-bond acceptors (Lipinski definition) is 3. The van der Waals surface area contributed by atoms with Crippen molar-refractivity contribution in [3.05, 3.63) is 0 Å². The molecule has 0 heterocycles. The lowest BCUT2D eigenvalue weighted by Crippen LogP contribution is -2.18. The van der Waals surface area contributed by atoms with Crippen molar-refractivity contribution < 1.29 is 14.7 Å². The highest BCUT2D eigenvalue weighted by molar-refractivity contribution is 8.13. The van der Waals surface area contributed by atoms with Crippen molar-refractivity contribution in [2.45, 2.75) is 27.2 Å². The number of aliphatic carboxylic acids is 1. The van der Waals surface area contributed by atoms with Gasteiger partial charge in [-0.3, -0.25) is 9.59 Å². The molecule has 13 heavy (non-hydrogen) atoms. The Morgan fingerprint density at radius 2 is 1.92 bits per heavy atom. The molecule has 0 bridgehead atoms. The normalized spacial score (nSPS) is 15.0. The summed E-state index contributed by atoms with van der Waals surface area (Å²) in [5.41, 5.74) is 0. The first-order chi connectivity index (χ1) is 5.95. The van der Waals surface area contributed by atoms with Crippen molar-refractivity contribution in [1.82, 2.24) is 0 Å². The van der Waals surface area contributed by atoms with Crippen LogP contribution in [0.25, 0.3) is 0 Å². The van der Waals surface area contributed by atoms with Gasteiger partial charge in [0.05, 0.1) is 5.92 Å². The van der Waals surface area contributed by atoms with E-state index in [-0.39, 0.29) is 17.0 Å². The predicted molar refractivity (Wildman–Crippen MR) is 53.7 cm³/mol. The summed E-state index contributed by atoms with van der Waals surface area (Å²) >= 11 is 1.26. The quantitative estimate of drug-likeness (QED) is 0.744. The average molecular weight is 204 g/mol. The van der Waals surface area contributed by atoms with E-state index in [0.717, 1.165) is 6.42 Å². The van der Waals surface area contributed by atoms with E-state index in [0.29, 0.717) is 5.75 Å². The van der Waals surface area contributed by atoms with Crippen LogP contribution in [0.2, 0.25) is 0 Å². The van der Waals surface area contributed by atoms with Crippen LogP contribution in [0.15, 0.2) is 0 Å². The van der Waals surface area contributed by atoms with Crippen LogP contribution in [0.1, 0.15) is 27.2 Å². The van der Waals surface area contributed by atoms with E-state index in [1.54, 1.807) is 6.92 Å². The van der Waals surface area contributed by atoms with Crippen LogP contribution in [-0.2, 0) is 9.59 Å². The lowest BCUT2D eigenvalue weighted by Gasteiger charge is -2.14. The number of carbonyl (C=O) groups is 2. The molecule has 2 atom stereocenters. The van der Waals surface area contributed by atoms with E-state index in [2.05, 4.69) is 0 Å². The standard InChI is InChI=1S/C9H16O3S/c1-6(7(2)9(11)12)4-5-13-8(3)10/h6-7H,4-5H2,1-3H3,(H,11,12). The van der Waals surface area contributed by atoms with Gasteiger partial charge >= 0.3 is 5.97 Å². The van der Waals surface area contributed by atoms with Crippen LogP contribution >= 0.6 is 11.8 Å². The highest BCUT2D eigenvalue weighted by atomic mass is 32.2. The van der Waals surface area contributed by atoms with E-state index in [4.69, 9.17) is 5.11 Å². The van der Waals surface area contributed by atoms with Crippen LogP contribution < -0.4 is 0 Å². The summed E-state index contributed by atoms with van der Waals surface area (Å²) < 4.78 is 0. The smallest absolute Gasteiger partial charge is 0.306 e. The van der Waals surface area contributed by atoms with Crippen molar-refractivity contribution in [2.75, 3.05) is 5.75 Å². The lowest BCUT2D eigenvalue weighted by atomic mass is 9.94. The molecule has 4 heteroatoms. The highest BCUT2D eigenvalue weighted by Crippen LogP contribution is 2.18. The Morgan fingerprint density at radius 1 is 1.38 bits per heavy atom. The van der Waals surface area contributed by atoms with Crippen LogP contribution in [-0.4, -0.2) is 21.9 Å². The number of thioether (sulfide) groups is 1. The van der Waals surface area contributed by atoms with Crippen molar-refractivity contribution in [3.63, 3.8) is 0 Å². The van der Waals surface area contributed by atoms with Gasteiger partial charge in [-0.15, -0.1) is 0 Å². The fourth-order valence-electron chi connectivity index (χ4n) is 0.882. The zero-order valence-electron chi connectivity index (χ0n) is 8.24. The first-order valence-corrected chi connectivity index (χ1v) is 5.30. The largest absolute Gasteiger partial charge is 0.481 e. The second-order valence-electron chi connectivity index (χ2n) is 3.23. The third-order valence-corrected chi connectivity index (χ3v) is 2.97. The SMILES string of the molecule is CC(=O)SCCC(C)C(C)C(=O)O. The molecule has 0 aliphatic rings. The molecule has 0 aromatic heterocycles. The monoisotopic (exact) mass is 204 g/mol. The molecule has 0 amide bonds. The molecule has 0 aromatic rings. The first kappa shape index (κ1) is 12.5. The fraction of sp³-hybridized carbons (Fsp3) is 0.778. The summed E-state index contributed by atoms with van der Waals surface area (Å²) in [6, 6.07) is 0. The van der Waals surface area contributed by atoms with E-state index in [1.165, 1.54) is 18.7 Å². The highest BCUT2D eigenvalue weighted by Gasteiger charge is 2.18. The Bertz CT molecular complexity index is 191. The molecule has 0 fully saturated rings. The van der Waals surface area contributed by atoms with Crippen molar-refractivity contribution in [1.29, 1.82) is 0 Å². The molecule has 3 nitrogen and oxygen atoms in total. The predicted octanol–water partition coefficient (Wildman–Crippen LogP) is 2.01. The van der Waals surface area contributed by atoms with Gasteiger partial charge in [-0.2, -0.15) is 0 Å². The minimum atomic E-state index is -0.764. The van der Waals surface area contributed by atoms with Gasteiger partial charge in [0.15, 0.2) is 5.12 Å². The van der Waals surface area contributed by atoms with Gasteiger partial charge < -0.3 is 5.11 Å². The van der Waals surface area contributed by atoms with Crippen LogP contribution in [0, 0.1) is 11.8 Å². The molecule has 0 spiro atoms. The number of hydrogen-bond donors (Lipinski definition) is 1. The van der Waals surface area contributed by atoms with E-state index in [9.17, 15) is 9.59 Å². The van der Waals surface area contributed by atoms with Crippen LogP contribution in [0.5, 0.6) is 0 Å². The van der Waals surface area contributed by atoms with E-state index < -0.39 is 5.97 Å². The zero-order valence-corrected chi connectivity index (χ0v) is 9.06. The number of rotatable bonds is 5. The summed E-state index contributed by atoms with van der Waals surface area (Å²) in [6.45, 7) is 5.13. The van der Waals surface area contributed by atoms with Crippen molar-refractivity contribution in [2.24, 2.45) is 11.8 Å². The summed E-state index contributed by atoms with van der Waals surface area (Å²) in [6.07, 6.45) is 0.776. The Balaban J connectivity index is 3.67. The van der Waals surface area contributed by atoms with Gasteiger partial charge in [0.25, 0.3) is 0 Å². The van der Waals surface area contributed by atoms with E-state index >= 15 is 0 Å². The topological polar surface area (TPSA) is 54.4 Å².